The third-order valence-corrected chi connectivity index (χ3v) is 4.02. The van der Waals surface area contributed by atoms with Crippen molar-refractivity contribution in [2.24, 2.45) is 0 Å². The molecule has 1 heterocycles. The second-order valence-corrected chi connectivity index (χ2v) is 6.12. The molecule has 0 saturated carbocycles. The van der Waals surface area contributed by atoms with Crippen molar-refractivity contribution in [2.75, 3.05) is 45.9 Å². The lowest BCUT2D eigenvalue weighted by Gasteiger charge is -2.32. The number of halogens is 3. The maximum absolute atomic E-state index is 12.1. The number of hydrogen-bond donors (Lipinski definition) is 2. The average molecular weight is 393 g/mol. The van der Waals surface area contributed by atoms with Crippen LogP contribution in [0.3, 0.4) is 0 Å². The monoisotopic (exact) mass is 393 g/mol. The molecule has 1 fully saturated rings. The van der Waals surface area contributed by atoms with Gasteiger partial charge in [-0.3, -0.25) is 4.90 Å². The number of carbonyl (C=O) groups is 1. The van der Waals surface area contributed by atoms with Gasteiger partial charge in [0.05, 0.1) is 32.8 Å². The smallest absolute Gasteiger partial charge is 0.491 e. The fraction of sp³-hybridized carbons (Fsp3) is 0.588. The predicted octanol–water partition coefficient (Wildman–Crippen LogP) is 0.682. The topological polar surface area (TPSA) is 72.7 Å². The molecule has 2 N–H and O–H groups in total. The lowest BCUT2D eigenvalue weighted by molar-refractivity contribution is -0.907. The first kappa shape index (κ1) is 21.1. The molecule has 10 heteroatoms. The Kier molecular flexibility index (Phi) is 7.55. The highest BCUT2D eigenvalue weighted by molar-refractivity contribution is 5.67. The van der Waals surface area contributed by atoms with Gasteiger partial charge in [-0.1, -0.05) is 0 Å². The minimum Gasteiger partial charge on any atom is -0.491 e. The molecule has 0 aliphatic carbocycles. The third kappa shape index (κ3) is 7.51. The van der Waals surface area contributed by atoms with Crippen molar-refractivity contribution in [1.29, 1.82) is 0 Å². The first-order valence-corrected chi connectivity index (χ1v) is 8.68. The number of piperazine rings is 1. The first-order valence-electron chi connectivity index (χ1n) is 8.68. The Morgan fingerprint density at radius 1 is 1.22 bits per heavy atom. The highest BCUT2D eigenvalue weighted by Gasteiger charge is 2.31. The van der Waals surface area contributed by atoms with Crippen LogP contribution in [0.5, 0.6) is 11.5 Å². The lowest BCUT2D eigenvalue weighted by Crippen LogP contribution is -3.16. The van der Waals surface area contributed by atoms with E-state index in [0.717, 1.165) is 17.0 Å². The maximum atomic E-state index is 12.1. The molecule has 152 valence electrons. The van der Waals surface area contributed by atoms with Crippen LogP contribution < -0.4 is 14.4 Å². The molecule has 1 aliphatic rings. The standard InChI is InChI=1S/C17H23F3N2O5/c1-2-25-16(24)22-9-7-21(8-10-22)11-13(23)12-26-14-3-5-15(6-4-14)27-17(18,19)20/h3-6,13,23H,2,7-12H2,1H3/p+1/t13-/m0/s1. The van der Waals surface area contributed by atoms with E-state index in [2.05, 4.69) is 4.74 Å². The highest BCUT2D eigenvalue weighted by Crippen LogP contribution is 2.24. The van der Waals surface area contributed by atoms with E-state index in [-0.39, 0.29) is 18.4 Å². The lowest BCUT2D eigenvalue weighted by atomic mass is 10.2. The van der Waals surface area contributed by atoms with E-state index in [1.54, 1.807) is 11.8 Å². The van der Waals surface area contributed by atoms with Crippen LogP contribution in [0, 0.1) is 0 Å². The minimum absolute atomic E-state index is 0.0184. The summed E-state index contributed by atoms with van der Waals surface area (Å²) in [6.07, 6.45) is -5.79. The molecule has 2 rings (SSSR count). The van der Waals surface area contributed by atoms with Crippen molar-refractivity contribution in [3.05, 3.63) is 24.3 Å². The zero-order chi connectivity index (χ0) is 19.9. The summed E-state index contributed by atoms with van der Waals surface area (Å²) in [4.78, 5) is 14.4. The largest absolute Gasteiger partial charge is 0.573 e. The molecule has 1 amide bonds. The first-order chi connectivity index (χ1) is 12.8. The minimum atomic E-state index is -4.74. The number of carbonyl (C=O) groups excluding carboxylic acids is 1. The summed E-state index contributed by atoms with van der Waals surface area (Å²) < 4.78 is 50.5. The van der Waals surface area contributed by atoms with Crippen molar-refractivity contribution in [3.8, 4) is 11.5 Å². The van der Waals surface area contributed by atoms with Gasteiger partial charge in [0.25, 0.3) is 0 Å². The molecule has 1 aromatic carbocycles. The van der Waals surface area contributed by atoms with Crippen LogP contribution in [0.25, 0.3) is 0 Å². The SMILES string of the molecule is CCOC(=O)N1CC[NH+](C[C@H](O)COc2ccc(OC(F)(F)F)cc2)CC1. The molecule has 1 aromatic rings. The number of hydrogen-bond acceptors (Lipinski definition) is 5. The van der Waals surface area contributed by atoms with Crippen LogP contribution in [0.4, 0.5) is 18.0 Å². The van der Waals surface area contributed by atoms with Crippen LogP contribution in [0.1, 0.15) is 6.92 Å². The van der Waals surface area contributed by atoms with E-state index in [1.807, 2.05) is 0 Å². The number of nitrogens with zero attached hydrogens (tertiary/aromatic N) is 1. The third-order valence-electron chi connectivity index (χ3n) is 4.02. The molecule has 27 heavy (non-hydrogen) atoms. The summed E-state index contributed by atoms with van der Waals surface area (Å²) in [5.74, 6) is 0.00465. The number of amides is 1. The summed E-state index contributed by atoms with van der Waals surface area (Å²) in [5, 5.41) is 10.1. The Bertz CT molecular complexity index is 589. The van der Waals surface area contributed by atoms with Gasteiger partial charge in [-0.2, -0.15) is 0 Å². The van der Waals surface area contributed by atoms with E-state index in [9.17, 15) is 23.1 Å². The Hall–Kier alpha value is -2.20. The molecule has 0 spiro atoms. The van der Waals surface area contributed by atoms with Gasteiger partial charge < -0.3 is 24.2 Å². The van der Waals surface area contributed by atoms with Crippen LogP contribution in [-0.2, 0) is 4.74 Å². The predicted molar refractivity (Wildman–Crippen MR) is 88.8 cm³/mol. The number of ether oxygens (including phenoxy) is 3. The summed E-state index contributed by atoms with van der Waals surface area (Å²) in [6.45, 7) is 5.07. The zero-order valence-electron chi connectivity index (χ0n) is 15.0. The molecule has 1 aliphatic heterocycles. The Morgan fingerprint density at radius 3 is 2.37 bits per heavy atom. The summed E-state index contributed by atoms with van der Waals surface area (Å²) in [5.41, 5.74) is 0. The second-order valence-electron chi connectivity index (χ2n) is 6.12. The Balaban J connectivity index is 1.69. The van der Waals surface area contributed by atoms with Crippen LogP contribution >= 0.6 is 0 Å². The summed E-state index contributed by atoms with van der Waals surface area (Å²) >= 11 is 0. The number of benzene rings is 1. The van der Waals surface area contributed by atoms with Gasteiger partial charge in [0, 0.05) is 0 Å². The maximum Gasteiger partial charge on any atom is 0.573 e. The van der Waals surface area contributed by atoms with Crippen molar-refractivity contribution >= 4 is 6.09 Å². The highest BCUT2D eigenvalue weighted by atomic mass is 19.4. The number of rotatable bonds is 7. The number of aliphatic hydroxyl groups excluding tert-OH is 1. The molecule has 0 radical (unpaired) electrons. The van der Waals surface area contributed by atoms with Gasteiger partial charge in [0.15, 0.2) is 0 Å². The molecule has 0 aromatic heterocycles. The van der Waals surface area contributed by atoms with Gasteiger partial charge in [-0.15, -0.1) is 13.2 Å². The van der Waals surface area contributed by atoms with Gasteiger partial charge >= 0.3 is 12.5 Å². The van der Waals surface area contributed by atoms with Crippen LogP contribution in [0.15, 0.2) is 24.3 Å². The number of alkyl halides is 3. The van der Waals surface area contributed by atoms with Crippen molar-refractivity contribution in [1.82, 2.24) is 4.90 Å². The number of nitrogens with one attached hydrogen (secondary N) is 1. The van der Waals surface area contributed by atoms with E-state index in [4.69, 9.17) is 9.47 Å². The van der Waals surface area contributed by atoms with E-state index in [1.165, 1.54) is 12.1 Å². The fourth-order valence-electron chi connectivity index (χ4n) is 2.75. The van der Waals surface area contributed by atoms with E-state index >= 15 is 0 Å². The molecule has 0 unspecified atom stereocenters. The average Bonchev–Trinajstić information content (AvgIpc) is 2.61. The molecule has 1 atom stereocenters. The molecule has 0 bridgehead atoms. The van der Waals surface area contributed by atoms with Gasteiger partial charge in [-0.25, -0.2) is 4.79 Å². The summed E-state index contributed by atoms with van der Waals surface area (Å²) in [6, 6.07) is 4.99. The Labute approximate surface area is 155 Å². The van der Waals surface area contributed by atoms with Crippen LogP contribution in [0.2, 0.25) is 0 Å². The van der Waals surface area contributed by atoms with Gasteiger partial charge in [0.2, 0.25) is 0 Å². The Morgan fingerprint density at radius 2 is 1.81 bits per heavy atom. The van der Waals surface area contributed by atoms with Crippen molar-refractivity contribution in [3.63, 3.8) is 0 Å². The van der Waals surface area contributed by atoms with E-state index in [0.29, 0.717) is 45.1 Å². The number of quaternary nitrogens is 1. The molecular weight excluding hydrogens is 369 g/mol. The van der Waals surface area contributed by atoms with Crippen molar-refractivity contribution < 1.29 is 42.2 Å². The molecule has 1 saturated heterocycles. The quantitative estimate of drug-likeness (QED) is 0.713. The van der Waals surface area contributed by atoms with E-state index < -0.39 is 12.5 Å². The normalized spacial score (nSPS) is 16.7. The zero-order valence-corrected chi connectivity index (χ0v) is 15.0. The summed E-state index contributed by atoms with van der Waals surface area (Å²) in [7, 11) is 0. The second kappa shape index (κ2) is 9.65. The van der Waals surface area contributed by atoms with Crippen LogP contribution in [-0.4, -0.2) is 74.5 Å². The van der Waals surface area contributed by atoms with Gasteiger partial charge in [0.1, 0.15) is 30.8 Å². The molecule has 7 nitrogen and oxygen atoms in total. The van der Waals surface area contributed by atoms with Gasteiger partial charge in [-0.05, 0) is 31.2 Å². The number of aliphatic hydroxyl groups is 1. The molecular formula is C17H24F3N2O5+. The fourth-order valence-corrected chi connectivity index (χ4v) is 2.75. The van der Waals surface area contributed by atoms with Crippen molar-refractivity contribution in [2.45, 2.75) is 19.4 Å².